The smallest absolute Gasteiger partial charge is 0.325 e. The molecule has 0 saturated carbocycles. The summed E-state index contributed by atoms with van der Waals surface area (Å²) in [5.74, 6) is -0.751. The lowest BCUT2D eigenvalue weighted by Gasteiger charge is -2.20. The molecule has 128 valence electrons. The number of carbonyl (C=O) groups is 2. The van der Waals surface area contributed by atoms with Gasteiger partial charge in [0.1, 0.15) is 10.9 Å². The highest BCUT2D eigenvalue weighted by atomic mass is 32.2. The fraction of sp³-hybridized carbons (Fsp3) is 0.353. The summed E-state index contributed by atoms with van der Waals surface area (Å²) in [7, 11) is 1.28. The number of methoxy groups -OCH3 is 1. The maximum atomic E-state index is 12.4. The van der Waals surface area contributed by atoms with Gasteiger partial charge in [0.25, 0.3) is 5.91 Å². The number of nitrogens with zero attached hydrogens (tertiary/aromatic N) is 2. The monoisotopic (exact) mass is 364 g/mol. The molecule has 1 saturated heterocycles. The second-order valence-corrected chi connectivity index (χ2v) is 6.78. The van der Waals surface area contributed by atoms with Crippen molar-refractivity contribution in [1.82, 2.24) is 4.90 Å². The number of esters is 1. The van der Waals surface area contributed by atoms with Crippen molar-refractivity contribution in [2.24, 2.45) is 0 Å². The molecule has 0 radical (unpaired) electrons. The minimum Gasteiger partial charge on any atom is -0.468 e. The van der Waals surface area contributed by atoms with E-state index in [0.717, 1.165) is 24.3 Å². The summed E-state index contributed by atoms with van der Waals surface area (Å²) in [6.45, 7) is 5.97. The number of rotatable bonds is 6. The standard InChI is InChI=1S/C17H20N2O3S2/c1-4-18(5-2)13-8-6-12(7-9-13)10-14-16(21)19(17(23)24-14)11-15(20)22-3/h6-10H,4-5,11H2,1-3H3/b14-10-. The summed E-state index contributed by atoms with van der Waals surface area (Å²) >= 11 is 6.38. The number of amides is 1. The molecule has 24 heavy (non-hydrogen) atoms. The Balaban J connectivity index is 2.15. The van der Waals surface area contributed by atoms with E-state index >= 15 is 0 Å². The van der Waals surface area contributed by atoms with E-state index in [9.17, 15) is 9.59 Å². The number of benzene rings is 1. The molecule has 0 N–H and O–H groups in total. The van der Waals surface area contributed by atoms with Gasteiger partial charge in [0.2, 0.25) is 0 Å². The SMILES string of the molecule is CCN(CC)c1ccc(/C=C2\SC(=S)N(CC(=O)OC)C2=O)cc1. The van der Waals surface area contributed by atoms with Crippen LogP contribution in [-0.4, -0.2) is 47.8 Å². The van der Waals surface area contributed by atoms with Gasteiger partial charge < -0.3 is 9.64 Å². The average molecular weight is 364 g/mol. The van der Waals surface area contributed by atoms with Crippen LogP contribution in [0.5, 0.6) is 0 Å². The topological polar surface area (TPSA) is 49.9 Å². The van der Waals surface area contributed by atoms with E-state index in [1.165, 1.54) is 23.8 Å². The molecular weight excluding hydrogens is 344 g/mol. The van der Waals surface area contributed by atoms with E-state index in [2.05, 4.69) is 23.5 Å². The Labute approximate surface area is 151 Å². The van der Waals surface area contributed by atoms with Gasteiger partial charge in [-0.25, -0.2) is 0 Å². The van der Waals surface area contributed by atoms with Crippen LogP contribution >= 0.6 is 24.0 Å². The van der Waals surface area contributed by atoms with Crippen LogP contribution in [0.15, 0.2) is 29.2 Å². The number of thioether (sulfide) groups is 1. The van der Waals surface area contributed by atoms with Crippen molar-refractivity contribution in [3.8, 4) is 0 Å². The molecule has 0 atom stereocenters. The van der Waals surface area contributed by atoms with Crippen LogP contribution in [0.2, 0.25) is 0 Å². The van der Waals surface area contributed by atoms with Gasteiger partial charge in [0.15, 0.2) is 0 Å². The molecule has 7 heteroatoms. The van der Waals surface area contributed by atoms with E-state index in [1.54, 1.807) is 6.08 Å². The summed E-state index contributed by atoms with van der Waals surface area (Å²) < 4.78 is 4.96. The Bertz CT molecular complexity index is 667. The van der Waals surface area contributed by atoms with Crippen molar-refractivity contribution in [3.05, 3.63) is 34.7 Å². The molecule has 1 aromatic rings. The molecule has 0 aliphatic carbocycles. The van der Waals surface area contributed by atoms with Gasteiger partial charge in [0.05, 0.1) is 12.0 Å². The summed E-state index contributed by atoms with van der Waals surface area (Å²) in [5.41, 5.74) is 2.07. The highest BCUT2D eigenvalue weighted by Crippen LogP contribution is 2.32. The third-order valence-corrected chi connectivity index (χ3v) is 5.09. The fourth-order valence-electron chi connectivity index (χ4n) is 2.35. The van der Waals surface area contributed by atoms with Gasteiger partial charge in [-0.05, 0) is 37.6 Å². The van der Waals surface area contributed by atoms with Crippen molar-refractivity contribution in [2.75, 3.05) is 31.6 Å². The molecule has 1 aliphatic heterocycles. The van der Waals surface area contributed by atoms with Gasteiger partial charge in [0, 0.05) is 18.8 Å². The lowest BCUT2D eigenvalue weighted by atomic mass is 10.1. The van der Waals surface area contributed by atoms with Crippen LogP contribution < -0.4 is 4.90 Å². The van der Waals surface area contributed by atoms with E-state index in [4.69, 9.17) is 12.2 Å². The molecular formula is C17H20N2O3S2. The van der Waals surface area contributed by atoms with Crippen molar-refractivity contribution < 1.29 is 14.3 Å². The highest BCUT2D eigenvalue weighted by Gasteiger charge is 2.33. The largest absolute Gasteiger partial charge is 0.468 e. The molecule has 5 nitrogen and oxygen atoms in total. The minimum absolute atomic E-state index is 0.153. The molecule has 0 bridgehead atoms. The van der Waals surface area contributed by atoms with Crippen LogP contribution in [0, 0.1) is 0 Å². The lowest BCUT2D eigenvalue weighted by molar-refractivity contribution is -0.143. The van der Waals surface area contributed by atoms with E-state index in [0.29, 0.717) is 9.23 Å². The van der Waals surface area contributed by atoms with Gasteiger partial charge in [-0.1, -0.05) is 36.1 Å². The van der Waals surface area contributed by atoms with Gasteiger partial charge in [-0.3, -0.25) is 14.5 Å². The van der Waals surface area contributed by atoms with E-state index in [-0.39, 0.29) is 12.5 Å². The zero-order valence-electron chi connectivity index (χ0n) is 13.9. The molecule has 1 aromatic carbocycles. The maximum absolute atomic E-state index is 12.4. The number of thiocarbonyl (C=S) groups is 1. The first-order valence-electron chi connectivity index (χ1n) is 7.67. The lowest BCUT2D eigenvalue weighted by Crippen LogP contribution is -2.33. The molecule has 2 rings (SSSR count). The van der Waals surface area contributed by atoms with Crippen LogP contribution in [0.3, 0.4) is 0 Å². The highest BCUT2D eigenvalue weighted by molar-refractivity contribution is 8.26. The van der Waals surface area contributed by atoms with Gasteiger partial charge in [-0.15, -0.1) is 0 Å². The van der Waals surface area contributed by atoms with Crippen LogP contribution in [0.1, 0.15) is 19.4 Å². The maximum Gasteiger partial charge on any atom is 0.325 e. The zero-order chi connectivity index (χ0) is 17.7. The molecule has 1 aliphatic rings. The van der Waals surface area contributed by atoms with E-state index in [1.807, 2.05) is 24.3 Å². The van der Waals surface area contributed by atoms with Gasteiger partial charge >= 0.3 is 5.97 Å². The molecule has 1 fully saturated rings. The second kappa shape index (κ2) is 8.30. The third-order valence-electron chi connectivity index (χ3n) is 3.71. The molecule has 0 unspecified atom stereocenters. The Morgan fingerprint density at radius 3 is 2.46 bits per heavy atom. The first kappa shape index (κ1) is 18.5. The minimum atomic E-state index is -0.490. The number of carbonyl (C=O) groups excluding carboxylic acids is 2. The number of anilines is 1. The predicted octanol–water partition coefficient (Wildman–Crippen LogP) is 2.91. The molecule has 1 amide bonds. The van der Waals surface area contributed by atoms with E-state index < -0.39 is 5.97 Å². The summed E-state index contributed by atoms with van der Waals surface area (Å²) in [6.07, 6.45) is 1.79. The number of hydrogen-bond acceptors (Lipinski definition) is 6. The van der Waals surface area contributed by atoms with Crippen molar-refractivity contribution in [1.29, 1.82) is 0 Å². The summed E-state index contributed by atoms with van der Waals surface area (Å²) in [4.78, 5) is 27.8. The van der Waals surface area contributed by atoms with Crippen LogP contribution in [0.25, 0.3) is 6.08 Å². The average Bonchev–Trinajstić information content (AvgIpc) is 2.84. The molecule has 0 aromatic heterocycles. The number of hydrogen-bond donors (Lipinski definition) is 0. The van der Waals surface area contributed by atoms with Gasteiger partial charge in [-0.2, -0.15) is 0 Å². The first-order chi connectivity index (χ1) is 11.5. The van der Waals surface area contributed by atoms with Crippen molar-refractivity contribution in [2.45, 2.75) is 13.8 Å². The van der Waals surface area contributed by atoms with Crippen molar-refractivity contribution >= 4 is 51.9 Å². The molecule has 0 spiro atoms. The van der Waals surface area contributed by atoms with Crippen LogP contribution in [0.4, 0.5) is 5.69 Å². The number of ether oxygens (including phenoxy) is 1. The van der Waals surface area contributed by atoms with Crippen LogP contribution in [-0.2, 0) is 14.3 Å². The zero-order valence-corrected chi connectivity index (χ0v) is 15.6. The molecule has 1 heterocycles. The Morgan fingerprint density at radius 1 is 1.29 bits per heavy atom. The fourth-order valence-corrected chi connectivity index (χ4v) is 3.61. The summed E-state index contributed by atoms with van der Waals surface area (Å²) in [5, 5.41) is 0. The predicted molar refractivity (Wildman–Crippen MR) is 102 cm³/mol. The second-order valence-electron chi connectivity index (χ2n) is 5.11. The third kappa shape index (κ3) is 4.15. The Kier molecular flexibility index (Phi) is 6.39. The quantitative estimate of drug-likeness (QED) is 0.439. The Morgan fingerprint density at radius 2 is 1.92 bits per heavy atom. The first-order valence-corrected chi connectivity index (χ1v) is 8.89. The normalized spacial score (nSPS) is 16.0. The Hall–Kier alpha value is -1.86. The summed E-state index contributed by atoms with van der Waals surface area (Å²) in [6, 6.07) is 8.02. The van der Waals surface area contributed by atoms with Crippen molar-refractivity contribution in [3.63, 3.8) is 0 Å².